The maximum Gasteiger partial charge on any atom is 0.140 e. The number of rotatable bonds is 1. The van der Waals surface area contributed by atoms with Crippen LogP contribution in [0.15, 0.2) is 11.4 Å². The second-order valence-corrected chi connectivity index (χ2v) is 5.41. The lowest BCUT2D eigenvalue weighted by molar-refractivity contribution is 0.00831. The van der Waals surface area contributed by atoms with E-state index in [0.29, 0.717) is 5.92 Å². The molecule has 0 aromatic carbocycles. The molecule has 0 radical (unpaired) electrons. The van der Waals surface area contributed by atoms with Gasteiger partial charge in [0.15, 0.2) is 0 Å². The lowest BCUT2D eigenvalue weighted by Gasteiger charge is -2.24. The van der Waals surface area contributed by atoms with Crippen LogP contribution in [0.25, 0.3) is 0 Å². The number of hydrogen-bond donors (Lipinski definition) is 1. The van der Waals surface area contributed by atoms with Gasteiger partial charge in [-0.05, 0) is 12.3 Å². The Morgan fingerprint density at radius 1 is 1.67 bits per heavy atom. The van der Waals surface area contributed by atoms with Gasteiger partial charge in [-0.2, -0.15) is 5.48 Å². The summed E-state index contributed by atoms with van der Waals surface area (Å²) in [4.78, 5) is 6.77. The zero-order chi connectivity index (χ0) is 10.5. The summed E-state index contributed by atoms with van der Waals surface area (Å²) in [6.07, 6.45) is 0.280. The molecule has 1 aromatic heterocycles. The van der Waals surface area contributed by atoms with Crippen LogP contribution < -0.4 is 10.9 Å². The number of nitrogens with one attached hydrogen (secondary N) is 1. The fraction of sp³-hybridized carbons (Fsp3) is 0.600. The standard InChI is InChI=1S/C10H14BNO2S/c1-6-8-3-14-12-10(8,5-13-6)9-2-7(11)4-15-9/h2,4,6,8,12H,3,5,11H2,1H3/t6-,8-,10+/m1/s1. The monoisotopic (exact) mass is 223 g/mol. The molecule has 2 aliphatic heterocycles. The SMILES string of the molecule is Bc1csc([C@]23CO[C@H](C)[C@H]2CON3)c1. The van der Waals surface area contributed by atoms with E-state index in [-0.39, 0.29) is 11.6 Å². The molecule has 0 amide bonds. The van der Waals surface area contributed by atoms with Gasteiger partial charge in [0.1, 0.15) is 13.4 Å². The van der Waals surface area contributed by atoms with E-state index in [1.807, 2.05) is 0 Å². The molecule has 0 unspecified atom stereocenters. The molecule has 2 saturated heterocycles. The first-order valence-electron chi connectivity index (χ1n) is 5.28. The largest absolute Gasteiger partial charge is 0.376 e. The third-order valence-electron chi connectivity index (χ3n) is 3.46. The minimum atomic E-state index is -0.0850. The van der Waals surface area contributed by atoms with Crippen LogP contribution >= 0.6 is 11.3 Å². The van der Waals surface area contributed by atoms with Crippen LogP contribution in [0.5, 0.6) is 0 Å². The van der Waals surface area contributed by atoms with Crippen LogP contribution in [0.3, 0.4) is 0 Å². The molecule has 0 spiro atoms. The van der Waals surface area contributed by atoms with Crippen molar-refractivity contribution in [1.29, 1.82) is 0 Å². The summed E-state index contributed by atoms with van der Waals surface area (Å²) in [6.45, 7) is 3.60. The summed E-state index contributed by atoms with van der Waals surface area (Å²) >= 11 is 1.79. The quantitative estimate of drug-likeness (QED) is 0.667. The summed E-state index contributed by atoms with van der Waals surface area (Å²) in [5.41, 5.74) is 4.41. The molecule has 1 N–H and O–H groups in total. The first-order chi connectivity index (χ1) is 7.22. The normalized spacial score (nSPS) is 39.5. The van der Waals surface area contributed by atoms with Crippen LogP contribution in [0, 0.1) is 5.92 Å². The van der Waals surface area contributed by atoms with Gasteiger partial charge in [-0.25, -0.2) is 0 Å². The van der Waals surface area contributed by atoms with Gasteiger partial charge < -0.3 is 9.57 Å². The van der Waals surface area contributed by atoms with E-state index in [0.717, 1.165) is 13.2 Å². The lowest BCUT2D eigenvalue weighted by Crippen LogP contribution is -2.41. The predicted octanol–water partition coefficient (Wildman–Crippen LogP) is -0.229. The Morgan fingerprint density at radius 2 is 2.53 bits per heavy atom. The molecule has 0 aliphatic carbocycles. The Labute approximate surface area is 94.1 Å². The van der Waals surface area contributed by atoms with Crippen LogP contribution in [0.1, 0.15) is 11.8 Å². The first-order valence-corrected chi connectivity index (χ1v) is 6.16. The second-order valence-electron chi connectivity index (χ2n) is 4.50. The van der Waals surface area contributed by atoms with Crippen molar-refractivity contribution in [3.05, 3.63) is 16.3 Å². The Morgan fingerprint density at radius 3 is 3.27 bits per heavy atom. The van der Waals surface area contributed by atoms with Crippen molar-refractivity contribution in [1.82, 2.24) is 5.48 Å². The van der Waals surface area contributed by atoms with Gasteiger partial charge in [-0.15, -0.1) is 11.3 Å². The molecule has 2 aliphatic rings. The Hall–Kier alpha value is -0.355. The zero-order valence-electron chi connectivity index (χ0n) is 8.95. The van der Waals surface area contributed by atoms with E-state index in [9.17, 15) is 0 Å². The summed E-state index contributed by atoms with van der Waals surface area (Å²) in [5.74, 6) is 0.440. The Kier molecular flexibility index (Phi) is 2.18. The fourth-order valence-corrected chi connectivity index (χ4v) is 3.60. The van der Waals surface area contributed by atoms with E-state index >= 15 is 0 Å². The maximum absolute atomic E-state index is 5.75. The third-order valence-corrected chi connectivity index (χ3v) is 4.69. The van der Waals surface area contributed by atoms with Gasteiger partial charge in [-0.1, -0.05) is 11.5 Å². The topological polar surface area (TPSA) is 30.5 Å². The third kappa shape index (κ3) is 1.31. The average molecular weight is 223 g/mol. The van der Waals surface area contributed by atoms with Crippen molar-refractivity contribution in [2.45, 2.75) is 18.6 Å². The number of thiophene rings is 1. The van der Waals surface area contributed by atoms with Gasteiger partial charge in [0, 0.05) is 10.8 Å². The molecule has 2 fully saturated rings. The highest BCUT2D eigenvalue weighted by atomic mass is 32.1. The molecule has 5 heteroatoms. The van der Waals surface area contributed by atoms with Crippen molar-refractivity contribution < 1.29 is 9.57 Å². The van der Waals surface area contributed by atoms with E-state index < -0.39 is 0 Å². The molecule has 1 aromatic rings. The van der Waals surface area contributed by atoms with Gasteiger partial charge in [-0.3, -0.25) is 0 Å². The zero-order valence-corrected chi connectivity index (χ0v) is 9.76. The number of hydrogen-bond acceptors (Lipinski definition) is 4. The number of hydroxylamine groups is 1. The van der Waals surface area contributed by atoms with Crippen LogP contribution in [-0.4, -0.2) is 27.2 Å². The molecular formula is C10H14BNO2S. The van der Waals surface area contributed by atoms with Crippen molar-refractivity contribution >= 4 is 24.6 Å². The summed E-state index contributed by atoms with van der Waals surface area (Å²) in [6, 6.07) is 2.24. The van der Waals surface area contributed by atoms with Gasteiger partial charge in [0.2, 0.25) is 0 Å². The number of ether oxygens (including phenoxy) is 1. The minimum absolute atomic E-state index is 0.0850. The smallest absolute Gasteiger partial charge is 0.140 e. The molecular weight excluding hydrogens is 209 g/mol. The lowest BCUT2D eigenvalue weighted by atomic mass is 9.83. The predicted molar refractivity (Wildman–Crippen MR) is 62.2 cm³/mol. The average Bonchev–Trinajstić information content (AvgIpc) is 2.84. The molecule has 0 bridgehead atoms. The Balaban J connectivity index is 2.02. The summed E-state index contributed by atoms with van der Waals surface area (Å²) in [5, 5.41) is 2.18. The van der Waals surface area contributed by atoms with Gasteiger partial charge >= 0.3 is 0 Å². The molecule has 80 valence electrons. The second kappa shape index (κ2) is 3.32. The maximum atomic E-state index is 5.75. The molecule has 0 saturated carbocycles. The van der Waals surface area contributed by atoms with E-state index in [4.69, 9.17) is 9.57 Å². The molecule has 3 nitrogen and oxygen atoms in total. The Bertz CT molecular complexity index is 383. The highest BCUT2D eigenvalue weighted by Gasteiger charge is 2.54. The van der Waals surface area contributed by atoms with Crippen LogP contribution in [-0.2, 0) is 15.1 Å². The van der Waals surface area contributed by atoms with Crippen LogP contribution in [0.2, 0.25) is 0 Å². The molecule has 3 rings (SSSR count). The van der Waals surface area contributed by atoms with Crippen molar-refractivity contribution in [3.8, 4) is 0 Å². The van der Waals surface area contributed by atoms with Crippen molar-refractivity contribution in [2.75, 3.05) is 13.2 Å². The van der Waals surface area contributed by atoms with Crippen molar-refractivity contribution in [2.24, 2.45) is 5.92 Å². The highest BCUT2D eigenvalue weighted by Crippen LogP contribution is 2.43. The summed E-state index contributed by atoms with van der Waals surface area (Å²) < 4.78 is 5.75. The van der Waals surface area contributed by atoms with Crippen LogP contribution in [0.4, 0.5) is 0 Å². The van der Waals surface area contributed by atoms with Gasteiger partial charge in [0.25, 0.3) is 0 Å². The van der Waals surface area contributed by atoms with E-state index in [1.165, 1.54) is 10.3 Å². The molecule has 15 heavy (non-hydrogen) atoms. The summed E-state index contributed by atoms with van der Waals surface area (Å²) in [7, 11) is 2.13. The van der Waals surface area contributed by atoms with Gasteiger partial charge in [0.05, 0.1) is 19.3 Å². The molecule has 3 atom stereocenters. The highest BCUT2D eigenvalue weighted by molar-refractivity contribution is 7.11. The minimum Gasteiger partial charge on any atom is -0.376 e. The van der Waals surface area contributed by atoms with E-state index in [1.54, 1.807) is 11.3 Å². The molecule has 3 heterocycles. The first kappa shape index (κ1) is 9.84. The van der Waals surface area contributed by atoms with E-state index in [2.05, 4.69) is 31.7 Å². The fourth-order valence-electron chi connectivity index (χ4n) is 2.50. The number of fused-ring (bicyclic) bond motifs is 1. The van der Waals surface area contributed by atoms with Crippen molar-refractivity contribution in [3.63, 3.8) is 0 Å².